The van der Waals surface area contributed by atoms with Crippen molar-refractivity contribution in [2.45, 2.75) is 45.6 Å². The van der Waals surface area contributed by atoms with Gasteiger partial charge in [-0.1, -0.05) is 50.6 Å². The van der Waals surface area contributed by atoms with Crippen LogP contribution in [0.15, 0.2) is 30.3 Å². The van der Waals surface area contributed by atoms with E-state index in [1.165, 1.54) is 0 Å². The number of carboxylic acid groups (broad SMARTS) is 1. The molecule has 1 fully saturated rings. The summed E-state index contributed by atoms with van der Waals surface area (Å²) in [5.41, 5.74) is 0.871. The molecule has 4 heteroatoms. The zero-order chi connectivity index (χ0) is 15.5. The van der Waals surface area contributed by atoms with Crippen molar-refractivity contribution in [3.63, 3.8) is 0 Å². The van der Waals surface area contributed by atoms with Crippen LogP contribution in [0.25, 0.3) is 0 Å². The number of carbonyl (C=O) groups excluding carboxylic acids is 1. The maximum atomic E-state index is 12.4. The Kier molecular flexibility index (Phi) is 4.66. The zero-order valence-electron chi connectivity index (χ0n) is 12.6. The summed E-state index contributed by atoms with van der Waals surface area (Å²) >= 11 is 0. The standard InChI is InChI=1S/C17H23NO3/c1-17(2)10-6-9-13(17)15(19)18-14(16(20)21)11-12-7-4-3-5-8-12/h3-5,7-8,13-14H,6,9-11H2,1-2H3,(H,18,19)(H,20,21)/t13?,14-/m1/s1. The minimum absolute atomic E-state index is 0.0418. The van der Waals surface area contributed by atoms with Gasteiger partial charge in [-0.25, -0.2) is 4.79 Å². The number of benzene rings is 1. The Morgan fingerprint density at radius 2 is 2.00 bits per heavy atom. The Labute approximate surface area is 125 Å². The minimum Gasteiger partial charge on any atom is -0.480 e. The highest BCUT2D eigenvalue weighted by Gasteiger charge is 2.40. The quantitative estimate of drug-likeness (QED) is 0.875. The van der Waals surface area contributed by atoms with Crippen molar-refractivity contribution in [3.05, 3.63) is 35.9 Å². The Bertz CT molecular complexity index is 510. The van der Waals surface area contributed by atoms with Gasteiger partial charge in [0.05, 0.1) is 0 Å². The van der Waals surface area contributed by atoms with Gasteiger partial charge in [0.1, 0.15) is 6.04 Å². The molecule has 4 nitrogen and oxygen atoms in total. The van der Waals surface area contributed by atoms with E-state index in [0.29, 0.717) is 6.42 Å². The van der Waals surface area contributed by atoms with Gasteiger partial charge in [-0.15, -0.1) is 0 Å². The molecule has 1 aromatic rings. The Morgan fingerprint density at radius 3 is 2.52 bits per heavy atom. The molecule has 1 amide bonds. The van der Waals surface area contributed by atoms with E-state index in [-0.39, 0.29) is 17.2 Å². The SMILES string of the molecule is CC1(C)CCCC1C(=O)N[C@H](Cc1ccccc1)C(=O)O. The first-order chi connectivity index (χ1) is 9.90. The summed E-state index contributed by atoms with van der Waals surface area (Å²) in [6.07, 6.45) is 3.20. The van der Waals surface area contributed by atoms with E-state index >= 15 is 0 Å². The number of aliphatic carboxylic acids is 1. The summed E-state index contributed by atoms with van der Waals surface area (Å²) in [5, 5.41) is 12.1. The van der Waals surface area contributed by atoms with Gasteiger partial charge in [-0.2, -0.15) is 0 Å². The van der Waals surface area contributed by atoms with Crippen molar-refractivity contribution in [1.82, 2.24) is 5.32 Å². The molecular weight excluding hydrogens is 266 g/mol. The molecule has 0 radical (unpaired) electrons. The summed E-state index contributed by atoms with van der Waals surface area (Å²) in [7, 11) is 0. The lowest BCUT2D eigenvalue weighted by Crippen LogP contribution is -2.46. The van der Waals surface area contributed by atoms with Crippen LogP contribution < -0.4 is 5.32 Å². The number of nitrogens with one attached hydrogen (secondary N) is 1. The molecule has 0 aliphatic heterocycles. The molecule has 0 heterocycles. The fourth-order valence-corrected chi connectivity index (χ4v) is 3.13. The van der Waals surface area contributed by atoms with Gasteiger partial charge in [-0.05, 0) is 23.8 Å². The molecule has 1 unspecified atom stereocenters. The predicted molar refractivity (Wildman–Crippen MR) is 80.8 cm³/mol. The lowest BCUT2D eigenvalue weighted by atomic mass is 9.81. The molecule has 1 saturated carbocycles. The number of hydrogen-bond donors (Lipinski definition) is 2. The highest BCUT2D eigenvalue weighted by molar-refractivity contribution is 5.85. The minimum atomic E-state index is -0.983. The van der Waals surface area contributed by atoms with Crippen LogP contribution in [0.1, 0.15) is 38.7 Å². The lowest BCUT2D eigenvalue weighted by molar-refractivity contribution is -0.143. The highest BCUT2D eigenvalue weighted by Crippen LogP contribution is 2.42. The molecule has 2 rings (SSSR count). The van der Waals surface area contributed by atoms with E-state index in [2.05, 4.69) is 19.2 Å². The summed E-state index contributed by atoms with van der Waals surface area (Å²) in [6.45, 7) is 4.16. The fourth-order valence-electron chi connectivity index (χ4n) is 3.13. The van der Waals surface area contributed by atoms with Crippen LogP contribution in [-0.4, -0.2) is 23.0 Å². The van der Waals surface area contributed by atoms with E-state index < -0.39 is 12.0 Å². The third kappa shape index (κ3) is 3.84. The molecule has 1 aromatic carbocycles. The number of carboxylic acids is 1. The first-order valence-corrected chi connectivity index (χ1v) is 7.47. The molecule has 2 N–H and O–H groups in total. The Balaban J connectivity index is 2.03. The zero-order valence-corrected chi connectivity index (χ0v) is 12.6. The normalized spacial score (nSPS) is 21.7. The monoisotopic (exact) mass is 289 g/mol. The molecule has 2 atom stereocenters. The van der Waals surface area contributed by atoms with Crippen molar-refractivity contribution in [3.8, 4) is 0 Å². The smallest absolute Gasteiger partial charge is 0.326 e. The molecular formula is C17H23NO3. The average Bonchev–Trinajstić information content (AvgIpc) is 2.78. The van der Waals surface area contributed by atoms with Crippen molar-refractivity contribution < 1.29 is 14.7 Å². The first-order valence-electron chi connectivity index (χ1n) is 7.47. The molecule has 21 heavy (non-hydrogen) atoms. The van der Waals surface area contributed by atoms with Crippen LogP contribution in [0.4, 0.5) is 0 Å². The molecule has 114 valence electrons. The molecule has 1 aliphatic rings. The second kappa shape index (κ2) is 6.29. The van der Waals surface area contributed by atoms with Gasteiger partial charge in [0.25, 0.3) is 0 Å². The van der Waals surface area contributed by atoms with E-state index in [4.69, 9.17) is 0 Å². The van der Waals surface area contributed by atoms with E-state index in [0.717, 1.165) is 24.8 Å². The van der Waals surface area contributed by atoms with Crippen molar-refractivity contribution in [2.24, 2.45) is 11.3 Å². The first kappa shape index (κ1) is 15.5. The summed E-state index contributed by atoms with van der Waals surface area (Å²) in [4.78, 5) is 23.8. The second-order valence-corrected chi connectivity index (χ2v) is 6.52. The van der Waals surface area contributed by atoms with Gasteiger partial charge in [0, 0.05) is 12.3 Å². The van der Waals surface area contributed by atoms with E-state index in [1.807, 2.05) is 30.3 Å². The van der Waals surface area contributed by atoms with Crippen LogP contribution >= 0.6 is 0 Å². The van der Waals surface area contributed by atoms with E-state index in [1.54, 1.807) is 0 Å². The van der Waals surface area contributed by atoms with Crippen molar-refractivity contribution in [2.75, 3.05) is 0 Å². The van der Waals surface area contributed by atoms with E-state index in [9.17, 15) is 14.7 Å². The van der Waals surface area contributed by atoms with Gasteiger partial charge in [-0.3, -0.25) is 4.79 Å². The van der Waals surface area contributed by atoms with Gasteiger partial charge >= 0.3 is 5.97 Å². The number of amides is 1. The summed E-state index contributed by atoms with van der Waals surface area (Å²) < 4.78 is 0. The van der Waals surface area contributed by atoms with Crippen LogP contribution in [0.3, 0.4) is 0 Å². The third-order valence-electron chi connectivity index (χ3n) is 4.47. The van der Waals surface area contributed by atoms with Gasteiger partial charge in [0.2, 0.25) is 5.91 Å². The topological polar surface area (TPSA) is 66.4 Å². The second-order valence-electron chi connectivity index (χ2n) is 6.52. The summed E-state index contributed by atoms with van der Waals surface area (Å²) in [5.74, 6) is -1.20. The Hall–Kier alpha value is -1.84. The van der Waals surface area contributed by atoms with Crippen molar-refractivity contribution >= 4 is 11.9 Å². The maximum absolute atomic E-state index is 12.4. The highest BCUT2D eigenvalue weighted by atomic mass is 16.4. The average molecular weight is 289 g/mol. The molecule has 0 aromatic heterocycles. The molecule has 0 saturated heterocycles. The summed E-state index contributed by atoms with van der Waals surface area (Å²) in [6, 6.07) is 8.52. The molecule has 1 aliphatic carbocycles. The molecule has 0 bridgehead atoms. The number of carbonyl (C=O) groups is 2. The number of hydrogen-bond acceptors (Lipinski definition) is 2. The fraction of sp³-hybridized carbons (Fsp3) is 0.529. The van der Waals surface area contributed by atoms with Gasteiger partial charge < -0.3 is 10.4 Å². The van der Waals surface area contributed by atoms with Gasteiger partial charge in [0.15, 0.2) is 0 Å². The van der Waals surface area contributed by atoms with Crippen LogP contribution in [0.5, 0.6) is 0 Å². The lowest BCUT2D eigenvalue weighted by Gasteiger charge is -2.27. The third-order valence-corrected chi connectivity index (χ3v) is 4.47. The molecule has 0 spiro atoms. The Morgan fingerprint density at radius 1 is 1.33 bits per heavy atom. The largest absolute Gasteiger partial charge is 0.480 e. The van der Waals surface area contributed by atoms with Crippen LogP contribution in [-0.2, 0) is 16.0 Å². The predicted octanol–water partition coefficient (Wildman–Crippen LogP) is 2.62. The van der Waals surface area contributed by atoms with Crippen molar-refractivity contribution in [1.29, 1.82) is 0 Å². The van der Waals surface area contributed by atoms with Crippen LogP contribution in [0, 0.1) is 11.3 Å². The maximum Gasteiger partial charge on any atom is 0.326 e. The van der Waals surface area contributed by atoms with Crippen LogP contribution in [0.2, 0.25) is 0 Å². The number of rotatable bonds is 5.